The Bertz CT molecular complexity index is 917. The first-order valence-corrected chi connectivity index (χ1v) is 6.57. The van der Waals surface area contributed by atoms with Gasteiger partial charge in [-0.05, 0) is 50.5 Å². The van der Waals surface area contributed by atoms with E-state index >= 15 is 0 Å². The number of aryl methyl sites for hydroxylation is 4. The minimum Gasteiger partial charge on any atom is -0.508 e. The summed E-state index contributed by atoms with van der Waals surface area (Å²) in [5.74, 6) is 0.154. The molecule has 0 saturated heterocycles. The maximum absolute atomic E-state index is 12.3. The van der Waals surface area contributed by atoms with E-state index in [1.54, 1.807) is 13.0 Å². The first-order valence-electron chi connectivity index (χ1n) is 6.57. The monoisotopic (exact) mass is 268 g/mol. The smallest absolute Gasteiger partial charge is 0.344 e. The molecule has 1 heterocycles. The molecule has 0 atom stereocenters. The van der Waals surface area contributed by atoms with Gasteiger partial charge in [-0.2, -0.15) is 0 Å². The Hall–Kier alpha value is -2.29. The van der Waals surface area contributed by atoms with E-state index in [0.717, 1.165) is 27.5 Å². The fourth-order valence-corrected chi connectivity index (χ4v) is 2.76. The first kappa shape index (κ1) is 12.7. The van der Waals surface area contributed by atoms with Crippen LogP contribution in [0.15, 0.2) is 27.4 Å². The normalized spacial score (nSPS) is 11.4. The molecule has 0 aliphatic carbocycles. The number of phenolic OH excluding ortho intramolecular Hbond substituents is 1. The minimum absolute atomic E-state index is 0.154. The summed E-state index contributed by atoms with van der Waals surface area (Å²) < 4.78 is 5.49. The third-order valence-corrected chi connectivity index (χ3v) is 4.10. The van der Waals surface area contributed by atoms with Crippen LogP contribution in [-0.4, -0.2) is 5.11 Å². The van der Waals surface area contributed by atoms with Crippen LogP contribution in [-0.2, 0) is 0 Å². The summed E-state index contributed by atoms with van der Waals surface area (Å²) in [4.78, 5) is 12.3. The van der Waals surface area contributed by atoms with Gasteiger partial charge in [0.15, 0.2) is 0 Å². The lowest BCUT2D eigenvalue weighted by Crippen LogP contribution is -2.04. The molecule has 3 heteroatoms. The van der Waals surface area contributed by atoms with Crippen molar-refractivity contribution in [2.24, 2.45) is 0 Å². The highest BCUT2D eigenvalue weighted by Gasteiger charge is 2.16. The molecule has 2 aromatic carbocycles. The Balaban J connectivity index is 2.72. The minimum atomic E-state index is -0.346. The van der Waals surface area contributed by atoms with Gasteiger partial charge in [0, 0.05) is 16.3 Å². The summed E-state index contributed by atoms with van der Waals surface area (Å²) >= 11 is 0. The molecule has 3 rings (SSSR count). The SMILES string of the molecule is Cc1ccc2c(c1C)c(=O)oc1c(C)c(O)cc(C)c12. The zero-order valence-electron chi connectivity index (χ0n) is 12.0. The van der Waals surface area contributed by atoms with Crippen molar-refractivity contribution >= 4 is 21.7 Å². The molecule has 0 amide bonds. The first-order chi connectivity index (χ1) is 9.41. The molecule has 1 aromatic heterocycles. The van der Waals surface area contributed by atoms with Crippen molar-refractivity contribution < 1.29 is 9.52 Å². The number of hydrogen-bond donors (Lipinski definition) is 1. The molecule has 0 aliphatic heterocycles. The van der Waals surface area contributed by atoms with Crippen molar-refractivity contribution in [1.82, 2.24) is 0 Å². The average Bonchev–Trinajstić information content (AvgIpc) is 2.39. The summed E-state index contributed by atoms with van der Waals surface area (Å²) in [5.41, 5.74) is 3.65. The molecule has 0 spiro atoms. The molecule has 3 aromatic rings. The van der Waals surface area contributed by atoms with Crippen LogP contribution in [0.3, 0.4) is 0 Å². The van der Waals surface area contributed by atoms with Crippen molar-refractivity contribution in [3.63, 3.8) is 0 Å². The van der Waals surface area contributed by atoms with Gasteiger partial charge in [-0.1, -0.05) is 12.1 Å². The Morgan fingerprint density at radius 1 is 0.950 bits per heavy atom. The van der Waals surface area contributed by atoms with E-state index in [0.29, 0.717) is 16.5 Å². The van der Waals surface area contributed by atoms with Gasteiger partial charge in [0.1, 0.15) is 11.3 Å². The summed E-state index contributed by atoms with van der Waals surface area (Å²) in [6, 6.07) is 5.69. The molecule has 0 fully saturated rings. The Labute approximate surface area is 116 Å². The van der Waals surface area contributed by atoms with Crippen LogP contribution >= 0.6 is 0 Å². The molecule has 0 saturated carbocycles. The fraction of sp³-hybridized carbons (Fsp3) is 0.235. The lowest BCUT2D eigenvalue weighted by atomic mass is 9.96. The second-order valence-electron chi connectivity index (χ2n) is 5.36. The number of phenols is 1. The van der Waals surface area contributed by atoms with E-state index in [2.05, 4.69) is 0 Å². The predicted molar refractivity (Wildman–Crippen MR) is 80.6 cm³/mol. The molecular formula is C17H16O3. The van der Waals surface area contributed by atoms with Crippen LogP contribution in [0.25, 0.3) is 21.7 Å². The number of hydrogen-bond acceptors (Lipinski definition) is 3. The maximum Gasteiger partial charge on any atom is 0.344 e. The van der Waals surface area contributed by atoms with Crippen LogP contribution in [0.1, 0.15) is 22.3 Å². The Morgan fingerprint density at radius 2 is 1.65 bits per heavy atom. The predicted octanol–water partition coefficient (Wildman–Crippen LogP) is 3.89. The zero-order valence-corrected chi connectivity index (χ0v) is 12.0. The molecular weight excluding hydrogens is 252 g/mol. The molecule has 0 unspecified atom stereocenters. The second-order valence-corrected chi connectivity index (χ2v) is 5.36. The lowest BCUT2D eigenvalue weighted by Gasteiger charge is -2.11. The van der Waals surface area contributed by atoms with Gasteiger partial charge in [-0.3, -0.25) is 0 Å². The average molecular weight is 268 g/mol. The van der Waals surface area contributed by atoms with Crippen LogP contribution in [0.4, 0.5) is 0 Å². The van der Waals surface area contributed by atoms with Gasteiger partial charge in [-0.25, -0.2) is 4.79 Å². The molecule has 20 heavy (non-hydrogen) atoms. The number of rotatable bonds is 0. The zero-order chi connectivity index (χ0) is 14.6. The maximum atomic E-state index is 12.3. The Kier molecular flexibility index (Phi) is 2.61. The third-order valence-electron chi connectivity index (χ3n) is 4.10. The Morgan fingerprint density at radius 3 is 2.35 bits per heavy atom. The van der Waals surface area contributed by atoms with Gasteiger partial charge in [0.05, 0.1) is 5.39 Å². The molecule has 0 radical (unpaired) electrons. The summed E-state index contributed by atoms with van der Waals surface area (Å²) in [6.45, 7) is 7.58. The van der Waals surface area contributed by atoms with E-state index in [4.69, 9.17) is 4.42 Å². The highest BCUT2D eigenvalue weighted by molar-refractivity contribution is 6.08. The standard InChI is InChI=1S/C17H16O3/c1-8-5-6-12-14-9(2)7-13(18)11(4)16(14)20-17(19)15(12)10(8)3/h5-7,18H,1-4H3. The van der Waals surface area contributed by atoms with Gasteiger partial charge in [-0.15, -0.1) is 0 Å². The van der Waals surface area contributed by atoms with Crippen molar-refractivity contribution in [2.45, 2.75) is 27.7 Å². The van der Waals surface area contributed by atoms with E-state index in [-0.39, 0.29) is 11.4 Å². The van der Waals surface area contributed by atoms with Crippen molar-refractivity contribution in [3.05, 3.63) is 50.9 Å². The number of benzene rings is 2. The molecule has 102 valence electrons. The van der Waals surface area contributed by atoms with Gasteiger partial charge in [0.25, 0.3) is 0 Å². The summed E-state index contributed by atoms with van der Waals surface area (Å²) in [6.07, 6.45) is 0. The van der Waals surface area contributed by atoms with E-state index < -0.39 is 0 Å². The van der Waals surface area contributed by atoms with Crippen molar-refractivity contribution in [3.8, 4) is 5.75 Å². The van der Waals surface area contributed by atoms with E-state index in [9.17, 15) is 9.90 Å². The topological polar surface area (TPSA) is 50.4 Å². The van der Waals surface area contributed by atoms with Gasteiger partial charge in [0.2, 0.25) is 0 Å². The van der Waals surface area contributed by atoms with Gasteiger partial charge < -0.3 is 9.52 Å². The fourth-order valence-electron chi connectivity index (χ4n) is 2.76. The van der Waals surface area contributed by atoms with Crippen molar-refractivity contribution in [1.29, 1.82) is 0 Å². The highest BCUT2D eigenvalue weighted by atomic mass is 16.4. The van der Waals surface area contributed by atoms with Crippen LogP contribution < -0.4 is 5.63 Å². The van der Waals surface area contributed by atoms with E-state index in [1.807, 2.05) is 32.9 Å². The lowest BCUT2D eigenvalue weighted by molar-refractivity contribution is 0.468. The molecule has 0 bridgehead atoms. The highest BCUT2D eigenvalue weighted by Crippen LogP contribution is 2.34. The quantitative estimate of drug-likeness (QED) is 0.497. The molecule has 3 nitrogen and oxygen atoms in total. The second kappa shape index (κ2) is 4.10. The third kappa shape index (κ3) is 1.56. The summed E-state index contributed by atoms with van der Waals surface area (Å²) in [7, 11) is 0. The van der Waals surface area contributed by atoms with Crippen LogP contribution in [0, 0.1) is 27.7 Å². The molecule has 0 aliphatic rings. The summed E-state index contributed by atoms with van der Waals surface area (Å²) in [5, 5.41) is 12.3. The van der Waals surface area contributed by atoms with Gasteiger partial charge >= 0.3 is 5.63 Å². The number of fused-ring (bicyclic) bond motifs is 3. The van der Waals surface area contributed by atoms with Crippen molar-refractivity contribution in [2.75, 3.05) is 0 Å². The van der Waals surface area contributed by atoms with Crippen LogP contribution in [0.2, 0.25) is 0 Å². The number of aromatic hydroxyl groups is 1. The van der Waals surface area contributed by atoms with Crippen LogP contribution in [0.5, 0.6) is 5.75 Å². The van der Waals surface area contributed by atoms with E-state index in [1.165, 1.54) is 0 Å². The largest absolute Gasteiger partial charge is 0.508 e. The molecule has 1 N–H and O–H groups in total.